The Morgan fingerprint density at radius 1 is 1.05 bits per heavy atom. The lowest BCUT2D eigenvalue weighted by Gasteiger charge is -2.44. The molecule has 0 atom stereocenters. The van der Waals surface area contributed by atoms with E-state index in [4.69, 9.17) is 0 Å². The van der Waals surface area contributed by atoms with Gasteiger partial charge in [0.05, 0.1) is 6.54 Å². The molecule has 0 aromatic carbocycles. The first kappa shape index (κ1) is 15.3. The van der Waals surface area contributed by atoms with Crippen molar-refractivity contribution in [2.75, 3.05) is 6.54 Å². The summed E-state index contributed by atoms with van der Waals surface area (Å²) in [5.74, 6) is 0.156. The number of hydrogen-bond acceptors (Lipinski definition) is 2. The summed E-state index contributed by atoms with van der Waals surface area (Å²) in [4.78, 5) is 26.8. The third kappa shape index (κ3) is 2.99. The van der Waals surface area contributed by atoms with Crippen molar-refractivity contribution in [3.63, 3.8) is 0 Å². The maximum absolute atomic E-state index is 12.9. The van der Waals surface area contributed by atoms with E-state index in [1.54, 1.807) is 0 Å². The fourth-order valence-electron chi connectivity index (χ4n) is 3.63. The number of nitrogens with one attached hydrogen (secondary N) is 1. The molecule has 20 heavy (non-hydrogen) atoms. The summed E-state index contributed by atoms with van der Waals surface area (Å²) in [6, 6.07) is 0.270. The normalized spacial score (nSPS) is 25.0. The van der Waals surface area contributed by atoms with E-state index < -0.39 is 5.54 Å². The fraction of sp³-hybridized carbons (Fsp3) is 0.875. The van der Waals surface area contributed by atoms with Crippen LogP contribution in [-0.4, -0.2) is 34.8 Å². The third-order valence-electron chi connectivity index (χ3n) is 5.09. The highest BCUT2D eigenvalue weighted by Crippen LogP contribution is 2.28. The molecule has 2 amide bonds. The van der Waals surface area contributed by atoms with Crippen molar-refractivity contribution in [1.29, 1.82) is 0 Å². The molecule has 4 nitrogen and oxygen atoms in total. The molecule has 2 fully saturated rings. The average molecular weight is 280 g/mol. The summed E-state index contributed by atoms with van der Waals surface area (Å²) in [5.41, 5.74) is -0.655. The van der Waals surface area contributed by atoms with E-state index in [0.29, 0.717) is 12.8 Å². The molecule has 0 unspecified atom stereocenters. The van der Waals surface area contributed by atoms with Gasteiger partial charge in [0.15, 0.2) is 0 Å². The van der Waals surface area contributed by atoms with Gasteiger partial charge < -0.3 is 10.2 Å². The molecular formula is C16H28N2O2. The molecule has 0 aromatic heterocycles. The van der Waals surface area contributed by atoms with Crippen molar-refractivity contribution in [3.8, 4) is 0 Å². The molecule has 1 heterocycles. The van der Waals surface area contributed by atoms with Crippen LogP contribution in [0, 0.1) is 0 Å². The SMILES string of the molecule is CCC1(CC)NC(=O)CN(C2CCCCCCC2)C1=O. The molecule has 1 N–H and O–H groups in total. The topological polar surface area (TPSA) is 49.4 Å². The Bertz CT molecular complexity index is 355. The minimum Gasteiger partial charge on any atom is -0.340 e. The summed E-state index contributed by atoms with van der Waals surface area (Å²) in [5, 5.41) is 2.95. The molecule has 4 heteroatoms. The highest BCUT2D eigenvalue weighted by molar-refractivity contribution is 5.98. The maximum atomic E-state index is 12.9. The number of nitrogens with zero attached hydrogens (tertiary/aromatic N) is 1. The quantitative estimate of drug-likeness (QED) is 0.864. The molecule has 0 aromatic rings. The van der Waals surface area contributed by atoms with E-state index in [2.05, 4.69) is 5.32 Å². The Balaban J connectivity index is 2.16. The lowest BCUT2D eigenvalue weighted by atomic mass is 9.86. The number of rotatable bonds is 3. The Kier molecular flexibility index (Phi) is 5.06. The van der Waals surface area contributed by atoms with Crippen LogP contribution in [0.2, 0.25) is 0 Å². The van der Waals surface area contributed by atoms with Gasteiger partial charge in [-0.3, -0.25) is 9.59 Å². The summed E-state index contributed by atoms with van der Waals surface area (Å²) in [6.07, 6.45) is 9.67. The van der Waals surface area contributed by atoms with E-state index >= 15 is 0 Å². The standard InChI is InChI=1S/C16H28N2O2/c1-3-16(4-2)15(20)18(12-14(19)17-16)13-10-8-6-5-7-9-11-13/h13H,3-12H2,1-2H3,(H,17,19). The van der Waals surface area contributed by atoms with Gasteiger partial charge in [-0.15, -0.1) is 0 Å². The summed E-state index contributed by atoms with van der Waals surface area (Å²) < 4.78 is 0. The molecule has 114 valence electrons. The van der Waals surface area contributed by atoms with Crippen molar-refractivity contribution in [1.82, 2.24) is 10.2 Å². The molecule has 1 saturated carbocycles. The van der Waals surface area contributed by atoms with Crippen molar-refractivity contribution < 1.29 is 9.59 Å². The van der Waals surface area contributed by atoms with Crippen LogP contribution < -0.4 is 5.32 Å². The van der Waals surface area contributed by atoms with Gasteiger partial charge in [-0.25, -0.2) is 0 Å². The fourth-order valence-corrected chi connectivity index (χ4v) is 3.63. The minimum atomic E-state index is -0.655. The second kappa shape index (κ2) is 6.59. The van der Waals surface area contributed by atoms with Crippen molar-refractivity contribution in [2.45, 2.75) is 83.2 Å². The van der Waals surface area contributed by atoms with Gasteiger partial charge in [0.2, 0.25) is 11.8 Å². The van der Waals surface area contributed by atoms with E-state index in [1.807, 2.05) is 18.7 Å². The van der Waals surface area contributed by atoms with E-state index in [-0.39, 0.29) is 24.4 Å². The number of piperazine rings is 1. The zero-order chi connectivity index (χ0) is 14.6. The second-order valence-electron chi connectivity index (χ2n) is 6.27. The first-order chi connectivity index (χ1) is 9.63. The van der Waals surface area contributed by atoms with Crippen LogP contribution in [0.1, 0.15) is 71.6 Å². The monoisotopic (exact) mass is 280 g/mol. The lowest BCUT2D eigenvalue weighted by molar-refractivity contribution is -0.153. The van der Waals surface area contributed by atoms with Crippen LogP contribution in [0.25, 0.3) is 0 Å². The zero-order valence-electron chi connectivity index (χ0n) is 12.9. The summed E-state index contributed by atoms with van der Waals surface area (Å²) in [7, 11) is 0. The van der Waals surface area contributed by atoms with Crippen LogP contribution in [0.5, 0.6) is 0 Å². The Labute approximate surface area is 122 Å². The molecule has 0 radical (unpaired) electrons. The van der Waals surface area contributed by atoms with Gasteiger partial charge in [0.25, 0.3) is 0 Å². The molecule has 2 aliphatic rings. The van der Waals surface area contributed by atoms with Crippen LogP contribution in [0.15, 0.2) is 0 Å². The Morgan fingerprint density at radius 2 is 1.60 bits per heavy atom. The Morgan fingerprint density at radius 3 is 2.15 bits per heavy atom. The van der Waals surface area contributed by atoms with Crippen LogP contribution in [0.4, 0.5) is 0 Å². The number of hydrogen-bond donors (Lipinski definition) is 1. The lowest BCUT2D eigenvalue weighted by Crippen LogP contribution is -2.67. The Hall–Kier alpha value is -1.06. The van der Waals surface area contributed by atoms with Crippen molar-refractivity contribution in [2.24, 2.45) is 0 Å². The zero-order valence-corrected chi connectivity index (χ0v) is 12.9. The number of carbonyl (C=O) groups is 2. The number of amides is 2. The number of carbonyl (C=O) groups excluding carboxylic acids is 2. The van der Waals surface area contributed by atoms with Crippen LogP contribution >= 0.6 is 0 Å². The highest BCUT2D eigenvalue weighted by atomic mass is 16.2. The first-order valence-electron chi connectivity index (χ1n) is 8.25. The predicted molar refractivity (Wildman–Crippen MR) is 79.3 cm³/mol. The van der Waals surface area contributed by atoms with Gasteiger partial charge in [-0.2, -0.15) is 0 Å². The second-order valence-corrected chi connectivity index (χ2v) is 6.27. The smallest absolute Gasteiger partial charge is 0.249 e. The minimum absolute atomic E-state index is 0.00959. The first-order valence-corrected chi connectivity index (χ1v) is 8.25. The van der Waals surface area contributed by atoms with Gasteiger partial charge in [0, 0.05) is 6.04 Å². The molecule has 1 saturated heterocycles. The molecular weight excluding hydrogens is 252 g/mol. The summed E-state index contributed by atoms with van der Waals surface area (Å²) >= 11 is 0. The third-order valence-corrected chi connectivity index (χ3v) is 5.09. The molecule has 2 rings (SSSR count). The van der Waals surface area contributed by atoms with E-state index in [0.717, 1.165) is 12.8 Å². The predicted octanol–water partition coefficient (Wildman–Crippen LogP) is 2.62. The van der Waals surface area contributed by atoms with E-state index in [9.17, 15) is 9.59 Å². The van der Waals surface area contributed by atoms with Crippen molar-refractivity contribution in [3.05, 3.63) is 0 Å². The van der Waals surface area contributed by atoms with Gasteiger partial charge in [0.1, 0.15) is 5.54 Å². The van der Waals surface area contributed by atoms with Gasteiger partial charge in [-0.05, 0) is 25.7 Å². The molecule has 0 spiro atoms. The van der Waals surface area contributed by atoms with Gasteiger partial charge in [-0.1, -0.05) is 46.0 Å². The summed E-state index contributed by atoms with van der Waals surface area (Å²) in [6.45, 7) is 4.23. The molecule has 1 aliphatic carbocycles. The van der Waals surface area contributed by atoms with Gasteiger partial charge >= 0.3 is 0 Å². The van der Waals surface area contributed by atoms with Crippen molar-refractivity contribution >= 4 is 11.8 Å². The molecule has 1 aliphatic heterocycles. The van der Waals surface area contributed by atoms with Crippen LogP contribution in [-0.2, 0) is 9.59 Å². The highest BCUT2D eigenvalue weighted by Gasteiger charge is 2.45. The van der Waals surface area contributed by atoms with Crippen LogP contribution in [0.3, 0.4) is 0 Å². The maximum Gasteiger partial charge on any atom is 0.249 e. The average Bonchev–Trinajstić information content (AvgIpc) is 2.41. The molecule has 0 bridgehead atoms. The largest absolute Gasteiger partial charge is 0.340 e. The van der Waals surface area contributed by atoms with E-state index in [1.165, 1.54) is 32.1 Å².